The molecule has 0 aromatic heterocycles. The van der Waals surface area contributed by atoms with E-state index in [-0.39, 0.29) is 11.3 Å². The number of carbonyl (C=O) groups is 1. The first kappa shape index (κ1) is 16.5. The molecule has 0 fully saturated rings. The normalized spacial score (nSPS) is 12.4. The fraction of sp³-hybridized carbons (Fsp3) is 0.462. The molecule has 1 aromatic rings. The fourth-order valence-corrected chi connectivity index (χ4v) is 2.88. The van der Waals surface area contributed by atoms with Crippen LogP contribution in [0.4, 0.5) is 5.69 Å². The van der Waals surface area contributed by atoms with E-state index < -0.39 is 21.5 Å². The second kappa shape index (κ2) is 5.80. The molecule has 0 aliphatic heterocycles. The minimum Gasteiger partial charge on any atom is -0.379 e. The maximum absolute atomic E-state index is 12.3. The van der Waals surface area contributed by atoms with E-state index in [2.05, 4.69) is 5.32 Å². The Labute approximate surface area is 120 Å². The SMILES string of the molecule is CN(C)S(=O)(=O)c1ccccc1NC(C)(C)CC(N)=O. The molecule has 0 aliphatic carbocycles. The number of carbonyl (C=O) groups excluding carboxylic acids is 1. The first-order valence-electron chi connectivity index (χ1n) is 6.14. The first-order valence-corrected chi connectivity index (χ1v) is 7.58. The van der Waals surface area contributed by atoms with Crippen LogP contribution in [0.3, 0.4) is 0 Å². The number of rotatable bonds is 6. The van der Waals surface area contributed by atoms with Crippen molar-refractivity contribution in [1.82, 2.24) is 4.31 Å². The predicted molar refractivity (Wildman–Crippen MR) is 78.8 cm³/mol. The molecule has 0 unspecified atom stereocenters. The van der Waals surface area contributed by atoms with E-state index in [0.717, 1.165) is 4.31 Å². The number of hydrogen-bond donors (Lipinski definition) is 2. The topological polar surface area (TPSA) is 92.5 Å². The second-order valence-corrected chi connectivity index (χ2v) is 7.56. The molecule has 0 saturated heterocycles. The number of primary amides is 1. The van der Waals surface area contributed by atoms with Crippen LogP contribution in [-0.4, -0.2) is 38.3 Å². The molecule has 0 spiro atoms. The Balaban J connectivity index is 3.19. The van der Waals surface area contributed by atoms with Gasteiger partial charge in [0.25, 0.3) is 0 Å². The molecule has 1 amide bonds. The molecule has 1 rings (SSSR count). The van der Waals surface area contributed by atoms with Crippen LogP contribution in [0, 0.1) is 0 Å². The highest BCUT2D eigenvalue weighted by atomic mass is 32.2. The van der Waals surface area contributed by atoms with Crippen LogP contribution >= 0.6 is 0 Å². The van der Waals surface area contributed by atoms with Crippen molar-refractivity contribution >= 4 is 21.6 Å². The number of amides is 1. The van der Waals surface area contributed by atoms with Gasteiger partial charge in [-0.3, -0.25) is 4.79 Å². The molecule has 0 radical (unpaired) electrons. The number of hydrogen-bond acceptors (Lipinski definition) is 4. The van der Waals surface area contributed by atoms with Gasteiger partial charge in [0.1, 0.15) is 4.90 Å². The number of benzene rings is 1. The lowest BCUT2D eigenvalue weighted by Gasteiger charge is -2.28. The van der Waals surface area contributed by atoms with E-state index in [1.165, 1.54) is 20.2 Å². The third-order valence-electron chi connectivity index (χ3n) is 2.73. The molecular formula is C13H21N3O3S. The van der Waals surface area contributed by atoms with Gasteiger partial charge in [0.05, 0.1) is 5.69 Å². The van der Waals surface area contributed by atoms with Crippen LogP contribution < -0.4 is 11.1 Å². The van der Waals surface area contributed by atoms with Crippen LogP contribution in [0.1, 0.15) is 20.3 Å². The van der Waals surface area contributed by atoms with Gasteiger partial charge in [-0.25, -0.2) is 12.7 Å². The van der Waals surface area contributed by atoms with Crippen LogP contribution in [0.25, 0.3) is 0 Å². The Morgan fingerprint density at radius 2 is 1.85 bits per heavy atom. The summed E-state index contributed by atoms with van der Waals surface area (Å²) >= 11 is 0. The van der Waals surface area contributed by atoms with Gasteiger partial charge in [-0.15, -0.1) is 0 Å². The van der Waals surface area contributed by atoms with E-state index in [9.17, 15) is 13.2 Å². The van der Waals surface area contributed by atoms with E-state index >= 15 is 0 Å². The highest BCUT2D eigenvalue weighted by Crippen LogP contribution is 2.26. The maximum atomic E-state index is 12.3. The average Bonchev–Trinajstić information content (AvgIpc) is 2.26. The third kappa shape index (κ3) is 3.94. The molecule has 0 saturated carbocycles. The third-order valence-corrected chi connectivity index (χ3v) is 4.61. The number of nitrogens with zero attached hydrogens (tertiary/aromatic N) is 1. The van der Waals surface area contributed by atoms with E-state index in [0.29, 0.717) is 5.69 Å². The summed E-state index contributed by atoms with van der Waals surface area (Å²) in [6.07, 6.45) is 0.101. The van der Waals surface area contributed by atoms with Gasteiger partial charge in [0.15, 0.2) is 0 Å². The van der Waals surface area contributed by atoms with Gasteiger partial charge in [-0.2, -0.15) is 0 Å². The highest BCUT2D eigenvalue weighted by molar-refractivity contribution is 7.89. The molecule has 3 N–H and O–H groups in total. The van der Waals surface area contributed by atoms with E-state index in [4.69, 9.17) is 5.73 Å². The molecular weight excluding hydrogens is 278 g/mol. The zero-order chi connectivity index (χ0) is 15.6. The summed E-state index contributed by atoms with van der Waals surface area (Å²) < 4.78 is 25.7. The Morgan fingerprint density at radius 1 is 1.30 bits per heavy atom. The minimum absolute atomic E-state index is 0.101. The lowest BCUT2D eigenvalue weighted by molar-refractivity contribution is -0.118. The number of anilines is 1. The van der Waals surface area contributed by atoms with Crippen LogP contribution in [0.15, 0.2) is 29.2 Å². The zero-order valence-corrected chi connectivity index (χ0v) is 13.0. The Kier molecular flexibility index (Phi) is 4.77. The van der Waals surface area contributed by atoms with Crippen molar-refractivity contribution in [3.63, 3.8) is 0 Å². The lowest BCUT2D eigenvalue weighted by Crippen LogP contribution is -2.36. The van der Waals surface area contributed by atoms with Crippen molar-refractivity contribution in [1.29, 1.82) is 0 Å². The number of nitrogens with one attached hydrogen (secondary N) is 1. The number of nitrogens with two attached hydrogens (primary N) is 1. The predicted octanol–water partition coefficient (Wildman–Crippen LogP) is 1.00. The summed E-state index contributed by atoms with van der Waals surface area (Å²) in [6, 6.07) is 6.58. The quantitative estimate of drug-likeness (QED) is 0.819. The van der Waals surface area contributed by atoms with Crippen molar-refractivity contribution in [2.75, 3.05) is 19.4 Å². The Morgan fingerprint density at radius 3 is 2.35 bits per heavy atom. The van der Waals surface area contributed by atoms with Gasteiger partial charge >= 0.3 is 0 Å². The molecule has 112 valence electrons. The van der Waals surface area contributed by atoms with Gasteiger partial charge in [0.2, 0.25) is 15.9 Å². The van der Waals surface area contributed by atoms with E-state index in [1.807, 2.05) is 0 Å². The summed E-state index contributed by atoms with van der Waals surface area (Å²) in [7, 11) is -0.608. The number of sulfonamides is 1. The average molecular weight is 299 g/mol. The lowest BCUT2D eigenvalue weighted by atomic mass is 10.00. The molecule has 0 atom stereocenters. The summed E-state index contributed by atoms with van der Waals surface area (Å²) in [5.41, 5.74) is 5.02. The smallest absolute Gasteiger partial charge is 0.244 e. The Bertz CT molecular complexity index is 595. The molecule has 0 bridgehead atoms. The van der Waals surface area contributed by atoms with Crippen LogP contribution in [-0.2, 0) is 14.8 Å². The summed E-state index contributed by atoms with van der Waals surface area (Å²) in [5, 5.41) is 3.07. The van der Waals surface area contributed by atoms with Gasteiger partial charge in [0, 0.05) is 26.1 Å². The zero-order valence-electron chi connectivity index (χ0n) is 12.2. The summed E-state index contributed by atoms with van der Waals surface area (Å²) in [6.45, 7) is 3.58. The molecule has 1 aromatic carbocycles. The molecule has 0 aliphatic rings. The number of para-hydroxylation sites is 1. The first-order chi connectivity index (χ1) is 9.06. The highest BCUT2D eigenvalue weighted by Gasteiger charge is 2.26. The van der Waals surface area contributed by atoms with Gasteiger partial charge in [-0.05, 0) is 26.0 Å². The molecule has 0 heterocycles. The van der Waals surface area contributed by atoms with E-state index in [1.54, 1.807) is 32.0 Å². The van der Waals surface area contributed by atoms with Gasteiger partial charge in [-0.1, -0.05) is 12.1 Å². The minimum atomic E-state index is -3.55. The summed E-state index contributed by atoms with van der Waals surface area (Å²) in [4.78, 5) is 11.2. The largest absolute Gasteiger partial charge is 0.379 e. The van der Waals surface area contributed by atoms with Crippen LogP contribution in [0.5, 0.6) is 0 Å². The molecule has 7 heteroatoms. The monoisotopic (exact) mass is 299 g/mol. The molecule has 20 heavy (non-hydrogen) atoms. The summed E-state index contributed by atoms with van der Waals surface area (Å²) in [5.74, 6) is -0.449. The van der Waals surface area contributed by atoms with Crippen molar-refractivity contribution in [2.24, 2.45) is 5.73 Å². The van der Waals surface area contributed by atoms with Crippen LogP contribution in [0.2, 0.25) is 0 Å². The fourth-order valence-electron chi connectivity index (χ4n) is 1.84. The Hall–Kier alpha value is -1.60. The molecule has 6 nitrogen and oxygen atoms in total. The standard InChI is InChI=1S/C13H21N3O3S/c1-13(2,9-12(14)17)15-10-7-5-6-8-11(10)20(18,19)16(3)4/h5-8,15H,9H2,1-4H3,(H2,14,17). The maximum Gasteiger partial charge on any atom is 0.244 e. The van der Waals surface area contributed by atoms with Crippen molar-refractivity contribution in [2.45, 2.75) is 30.7 Å². The second-order valence-electron chi connectivity index (χ2n) is 5.44. The van der Waals surface area contributed by atoms with Crippen molar-refractivity contribution in [3.8, 4) is 0 Å². The van der Waals surface area contributed by atoms with Gasteiger partial charge < -0.3 is 11.1 Å². The van der Waals surface area contributed by atoms with Crippen molar-refractivity contribution in [3.05, 3.63) is 24.3 Å². The van der Waals surface area contributed by atoms with Crippen molar-refractivity contribution < 1.29 is 13.2 Å².